The molecule has 158 valence electrons. The van der Waals surface area contributed by atoms with E-state index in [1.807, 2.05) is 17.0 Å². The predicted molar refractivity (Wildman–Crippen MR) is 117 cm³/mol. The SMILES string of the molecule is O=C(c1ccc(Cl)cc1)N1CCCC(C(=O)N2CCN(c3ccccc3O)CC2)C1. The average Bonchev–Trinajstić information content (AvgIpc) is 2.79. The molecule has 30 heavy (non-hydrogen) atoms. The molecule has 1 unspecified atom stereocenters. The maximum atomic E-state index is 13.1. The molecule has 1 atom stereocenters. The van der Waals surface area contributed by atoms with Crippen LogP contribution in [0.1, 0.15) is 23.2 Å². The first-order valence-electron chi connectivity index (χ1n) is 10.4. The molecular formula is C23H26ClN3O3. The van der Waals surface area contributed by atoms with Crippen molar-refractivity contribution in [3.8, 4) is 5.75 Å². The quantitative estimate of drug-likeness (QED) is 0.816. The highest BCUT2D eigenvalue weighted by Crippen LogP contribution is 2.28. The van der Waals surface area contributed by atoms with Gasteiger partial charge in [-0.05, 0) is 49.2 Å². The fourth-order valence-corrected chi connectivity index (χ4v) is 4.42. The maximum Gasteiger partial charge on any atom is 0.253 e. The number of rotatable bonds is 3. The molecule has 2 amide bonds. The topological polar surface area (TPSA) is 64.1 Å². The number of phenolic OH excluding ortho intramolecular Hbond substituents is 1. The van der Waals surface area contributed by atoms with Gasteiger partial charge in [-0.3, -0.25) is 9.59 Å². The highest BCUT2D eigenvalue weighted by molar-refractivity contribution is 6.30. The second-order valence-corrected chi connectivity index (χ2v) is 8.33. The molecule has 1 N–H and O–H groups in total. The number of benzene rings is 2. The van der Waals surface area contributed by atoms with Gasteiger partial charge >= 0.3 is 0 Å². The number of carbonyl (C=O) groups is 2. The van der Waals surface area contributed by atoms with Gasteiger partial charge in [0.1, 0.15) is 5.75 Å². The first-order valence-corrected chi connectivity index (χ1v) is 10.8. The molecule has 2 aliphatic rings. The molecule has 2 aliphatic heterocycles. The lowest BCUT2D eigenvalue weighted by molar-refractivity contribution is -0.137. The lowest BCUT2D eigenvalue weighted by Gasteiger charge is -2.39. The summed E-state index contributed by atoms with van der Waals surface area (Å²) >= 11 is 5.92. The van der Waals surface area contributed by atoms with Crippen LogP contribution in [0.25, 0.3) is 0 Å². The van der Waals surface area contributed by atoms with Crippen molar-refractivity contribution in [2.75, 3.05) is 44.2 Å². The summed E-state index contributed by atoms with van der Waals surface area (Å²) in [7, 11) is 0. The number of piperazine rings is 1. The molecule has 0 saturated carbocycles. The molecule has 2 saturated heterocycles. The van der Waals surface area contributed by atoms with Gasteiger partial charge in [0, 0.05) is 49.9 Å². The fraction of sp³-hybridized carbons (Fsp3) is 0.391. The smallest absolute Gasteiger partial charge is 0.253 e. The Morgan fingerprint density at radius 2 is 1.60 bits per heavy atom. The summed E-state index contributed by atoms with van der Waals surface area (Å²) < 4.78 is 0. The molecule has 2 aromatic rings. The normalized spacial score (nSPS) is 19.6. The van der Waals surface area contributed by atoms with Crippen molar-refractivity contribution in [2.45, 2.75) is 12.8 Å². The number of halogens is 1. The Balaban J connectivity index is 1.35. The van der Waals surface area contributed by atoms with E-state index in [1.165, 1.54) is 0 Å². The van der Waals surface area contributed by atoms with Crippen LogP contribution in [0.5, 0.6) is 5.75 Å². The Bertz CT molecular complexity index is 910. The molecule has 4 rings (SSSR count). The highest BCUT2D eigenvalue weighted by atomic mass is 35.5. The molecule has 7 heteroatoms. The lowest BCUT2D eigenvalue weighted by Crippen LogP contribution is -2.53. The van der Waals surface area contributed by atoms with Crippen LogP contribution in [-0.4, -0.2) is 66.0 Å². The van der Waals surface area contributed by atoms with Crippen LogP contribution in [0.3, 0.4) is 0 Å². The first kappa shape index (κ1) is 20.5. The van der Waals surface area contributed by atoms with Crippen LogP contribution in [-0.2, 0) is 4.79 Å². The van der Waals surface area contributed by atoms with Crippen molar-refractivity contribution in [1.29, 1.82) is 0 Å². The number of likely N-dealkylation sites (tertiary alicyclic amines) is 1. The summed E-state index contributed by atoms with van der Waals surface area (Å²) in [5, 5.41) is 10.7. The number of hydrogen-bond donors (Lipinski definition) is 1. The van der Waals surface area contributed by atoms with Crippen molar-refractivity contribution in [3.63, 3.8) is 0 Å². The highest BCUT2D eigenvalue weighted by Gasteiger charge is 2.33. The molecule has 2 aromatic carbocycles. The van der Waals surface area contributed by atoms with E-state index in [0.717, 1.165) is 18.5 Å². The second kappa shape index (κ2) is 8.96. The Morgan fingerprint density at radius 3 is 2.30 bits per heavy atom. The Morgan fingerprint density at radius 1 is 0.900 bits per heavy atom. The van der Waals surface area contributed by atoms with Crippen LogP contribution in [0.2, 0.25) is 5.02 Å². The third-order valence-electron chi connectivity index (χ3n) is 5.96. The third-order valence-corrected chi connectivity index (χ3v) is 6.21. The Hall–Kier alpha value is -2.73. The molecule has 0 aromatic heterocycles. The van der Waals surface area contributed by atoms with Gasteiger partial charge in [0.05, 0.1) is 11.6 Å². The number of para-hydroxylation sites is 2. The van der Waals surface area contributed by atoms with E-state index >= 15 is 0 Å². The Labute approximate surface area is 181 Å². The second-order valence-electron chi connectivity index (χ2n) is 7.90. The van der Waals surface area contributed by atoms with Crippen molar-refractivity contribution in [3.05, 3.63) is 59.1 Å². The number of hydrogen-bond acceptors (Lipinski definition) is 4. The summed E-state index contributed by atoms with van der Waals surface area (Å²) in [6.45, 7) is 3.74. The molecule has 2 heterocycles. The van der Waals surface area contributed by atoms with Crippen molar-refractivity contribution >= 4 is 29.1 Å². The molecule has 6 nitrogen and oxygen atoms in total. The minimum absolute atomic E-state index is 0.0476. The van der Waals surface area contributed by atoms with Crippen molar-refractivity contribution in [1.82, 2.24) is 9.80 Å². The third kappa shape index (κ3) is 4.38. The summed E-state index contributed by atoms with van der Waals surface area (Å²) in [5.74, 6) is 0.182. The monoisotopic (exact) mass is 427 g/mol. The van der Waals surface area contributed by atoms with Crippen LogP contribution < -0.4 is 4.90 Å². The number of piperidine rings is 1. The number of nitrogens with zero attached hydrogens (tertiary/aromatic N) is 3. The van der Waals surface area contributed by atoms with E-state index in [9.17, 15) is 14.7 Å². The molecule has 0 bridgehead atoms. The van der Waals surface area contributed by atoms with Crippen LogP contribution >= 0.6 is 11.6 Å². The molecular weight excluding hydrogens is 402 g/mol. The zero-order valence-corrected chi connectivity index (χ0v) is 17.6. The number of amides is 2. The molecule has 0 aliphatic carbocycles. The molecule has 0 radical (unpaired) electrons. The van der Waals surface area contributed by atoms with E-state index < -0.39 is 0 Å². The minimum Gasteiger partial charge on any atom is -0.506 e. The molecule has 2 fully saturated rings. The van der Waals surface area contributed by atoms with E-state index in [4.69, 9.17) is 11.6 Å². The number of aromatic hydroxyl groups is 1. The van der Waals surface area contributed by atoms with E-state index in [2.05, 4.69) is 4.90 Å². The van der Waals surface area contributed by atoms with Gasteiger partial charge in [0.15, 0.2) is 0 Å². The first-order chi connectivity index (χ1) is 14.5. The minimum atomic E-state index is -0.160. The van der Waals surface area contributed by atoms with E-state index in [0.29, 0.717) is 49.9 Å². The maximum absolute atomic E-state index is 13.1. The summed E-state index contributed by atoms with van der Waals surface area (Å²) in [6, 6.07) is 14.2. The van der Waals surface area contributed by atoms with Crippen LogP contribution in [0.15, 0.2) is 48.5 Å². The predicted octanol–water partition coefficient (Wildman–Crippen LogP) is 3.25. The van der Waals surface area contributed by atoms with Crippen LogP contribution in [0, 0.1) is 5.92 Å². The molecule has 0 spiro atoms. The summed E-state index contributed by atoms with van der Waals surface area (Å²) in [5.41, 5.74) is 1.41. The van der Waals surface area contributed by atoms with Gasteiger partial charge in [-0.1, -0.05) is 23.7 Å². The van der Waals surface area contributed by atoms with Crippen LogP contribution in [0.4, 0.5) is 5.69 Å². The van der Waals surface area contributed by atoms with Gasteiger partial charge in [-0.2, -0.15) is 0 Å². The standard InChI is InChI=1S/C23H26ClN3O3/c24-19-9-7-17(8-10-19)22(29)27-11-3-4-18(16-27)23(30)26-14-12-25(13-15-26)20-5-1-2-6-21(20)28/h1-2,5-10,18,28H,3-4,11-16H2. The van der Waals surface area contributed by atoms with Gasteiger partial charge in [0.2, 0.25) is 5.91 Å². The van der Waals surface area contributed by atoms with Gasteiger partial charge < -0.3 is 19.8 Å². The van der Waals surface area contributed by atoms with Gasteiger partial charge in [-0.15, -0.1) is 0 Å². The largest absolute Gasteiger partial charge is 0.506 e. The van der Waals surface area contributed by atoms with Gasteiger partial charge in [-0.25, -0.2) is 0 Å². The van der Waals surface area contributed by atoms with Crippen molar-refractivity contribution in [2.24, 2.45) is 5.92 Å². The fourth-order valence-electron chi connectivity index (χ4n) is 4.30. The summed E-state index contributed by atoms with van der Waals surface area (Å²) in [4.78, 5) is 31.7. The number of anilines is 1. The number of phenols is 1. The van der Waals surface area contributed by atoms with E-state index in [-0.39, 0.29) is 23.5 Å². The average molecular weight is 428 g/mol. The van der Waals surface area contributed by atoms with Gasteiger partial charge in [0.25, 0.3) is 5.91 Å². The summed E-state index contributed by atoms with van der Waals surface area (Å²) in [6.07, 6.45) is 1.64. The zero-order chi connectivity index (χ0) is 21.1. The zero-order valence-electron chi connectivity index (χ0n) is 16.8. The number of carbonyl (C=O) groups excluding carboxylic acids is 2. The van der Waals surface area contributed by atoms with E-state index in [1.54, 1.807) is 41.3 Å². The lowest BCUT2D eigenvalue weighted by atomic mass is 9.95. The van der Waals surface area contributed by atoms with Crippen molar-refractivity contribution < 1.29 is 14.7 Å². The Kier molecular flexibility index (Phi) is 6.13.